The molecule has 8 nitrogen and oxygen atoms in total. The maximum Gasteiger partial charge on any atom is 0.303 e. The van der Waals surface area contributed by atoms with Crippen molar-refractivity contribution >= 4 is 34.4 Å². The van der Waals surface area contributed by atoms with E-state index in [9.17, 15) is 4.79 Å². The quantitative estimate of drug-likeness (QED) is 0.532. The zero-order chi connectivity index (χ0) is 21.0. The summed E-state index contributed by atoms with van der Waals surface area (Å²) in [7, 11) is 3.41. The number of carboxylic acids is 1. The fourth-order valence-electron chi connectivity index (χ4n) is 3.20. The molecule has 0 radical (unpaired) electrons. The second kappa shape index (κ2) is 9.19. The number of carboxylic acid groups (broad SMARTS) is 1. The molecule has 154 valence electrons. The number of halogens is 1. The predicted octanol–water partition coefficient (Wildman–Crippen LogP) is 3.55. The monoisotopic (exact) mass is 417 g/mol. The number of fused-ring (bicyclic) bond motifs is 1. The van der Waals surface area contributed by atoms with Crippen molar-refractivity contribution in [2.24, 2.45) is 7.05 Å². The first kappa shape index (κ1) is 21.0. The van der Waals surface area contributed by atoms with Crippen molar-refractivity contribution in [3.63, 3.8) is 0 Å². The van der Waals surface area contributed by atoms with E-state index < -0.39 is 5.97 Å². The molecule has 0 aliphatic carbocycles. The number of aromatic nitrogens is 4. The van der Waals surface area contributed by atoms with Crippen molar-refractivity contribution < 1.29 is 14.7 Å². The van der Waals surface area contributed by atoms with Crippen LogP contribution in [0.1, 0.15) is 36.8 Å². The largest absolute Gasteiger partial charge is 0.481 e. The Morgan fingerprint density at radius 1 is 1.31 bits per heavy atom. The Morgan fingerprint density at radius 2 is 2.10 bits per heavy atom. The molecule has 3 rings (SSSR count). The van der Waals surface area contributed by atoms with Crippen LogP contribution in [0.25, 0.3) is 11.0 Å². The molecule has 1 aromatic carbocycles. The molecule has 0 aliphatic heterocycles. The summed E-state index contributed by atoms with van der Waals surface area (Å²) in [6.45, 7) is 2.49. The number of carbonyl (C=O) groups is 1. The molecule has 0 amide bonds. The first-order chi connectivity index (χ1) is 13.9. The third kappa shape index (κ3) is 4.83. The number of anilines is 1. The van der Waals surface area contributed by atoms with Crippen LogP contribution in [-0.2, 0) is 36.1 Å². The van der Waals surface area contributed by atoms with Crippen molar-refractivity contribution in [3.05, 3.63) is 46.4 Å². The van der Waals surface area contributed by atoms with E-state index in [1.165, 1.54) is 0 Å². The Balaban J connectivity index is 2.10. The smallest absolute Gasteiger partial charge is 0.303 e. The van der Waals surface area contributed by atoms with Crippen LogP contribution in [0.15, 0.2) is 24.3 Å². The number of hydrogen-bond donors (Lipinski definition) is 1. The van der Waals surface area contributed by atoms with E-state index in [4.69, 9.17) is 21.5 Å². The third-order valence-corrected chi connectivity index (χ3v) is 4.74. The fourth-order valence-corrected chi connectivity index (χ4v) is 3.42. The zero-order valence-corrected chi connectivity index (χ0v) is 17.5. The minimum Gasteiger partial charge on any atom is -0.481 e. The van der Waals surface area contributed by atoms with Gasteiger partial charge in [0.25, 0.3) is 0 Å². The van der Waals surface area contributed by atoms with Gasteiger partial charge in [0, 0.05) is 18.5 Å². The molecule has 0 unspecified atom stereocenters. The molecule has 29 heavy (non-hydrogen) atoms. The summed E-state index contributed by atoms with van der Waals surface area (Å²) in [5.74, 6) is 0.112. The van der Waals surface area contributed by atoms with Gasteiger partial charge in [0.15, 0.2) is 5.82 Å². The topological polar surface area (TPSA) is 93.4 Å². The molecule has 0 saturated heterocycles. The Labute approximate surface area is 174 Å². The summed E-state index contributed by atoms with van der Waals surface area (Å²) in [6, 6.07) is 7.51. The van der Waals surface area contributed by atoms with Gasteiger partial charge < -0.3 is 5.11 Å². The molecule has 1 N–H and O–H groups in total. The highest BCUT2D eigenvalue weighted by atomic mass is 35.5. The first-order valence-corrected chi connectivity index (χ1v) is 9.81. The number of aryl methyl sites for hydroxylation is 3. The van der Waals surface area contributed by atoms with Crippen LogP contribution < -0.4 is 5.06 Å². The number of hydroxylamine groups is 1. The van der Waals surface area contributed by atoms with Crippen LogP contribution in [0.5, 0.6) is 0 Å². The summed E-state index contributed by atoms with van der Waals surface area (Å²) < 4.78 is 1.75. The van der Waals surface area contributed by atoms with Gasteiger partial charge in [-0.2, -0.15) is 5.10 Å². The molecule has 0 saturated carbocycles. The molecular weight excluding hydrogens is 394 g/mol. The van der Waals surface area contributed by atoms with E-state index in [-0.39, 0.29) is 12.8 Å². The second-order valence-electron chi connectivity index (χ2n) is 6.72. The fraction of sp³-hybridized carbons (Fsp3) is 0.400. The lowest BCUT2D eigenvalue weighted by molar-refractivity contribution is -0.137. The van der Waals surface area contributed by atoms with E-state index in [1.807, 2.05) is 31.3 Å². The second-order valence-corrected chi connectivity index (χ2v) is 7.16. The summed E-state index contributed by atoms with van der Waals surface area (Å²) in [5.41, 5.74) is 3.29. The molecule has 2 heterocycles. The summed E-state index contributed by atoms with van der Waals surface area (Å²) >= 11 is 6.12. The van der Waals surface area contributed by atoms with Crippen LogP contribution in [0, 0.1) is 0 Å². The highest BCUT2D eigenvalue weighted by Gasteiger charge is 2.22. The van der Waals surface area contributed by atoms with Gasteiger partial charge in [0.2, 0.25) is 0 Å². The summed E-state index contributed by atoms with van der Waals surface area (Å²) in [5, 5.41) is 16.0. The van der Waals surface area contributed by atoms with Gasteiger partial charge in [-0.05, 0) is 24.1 Å². The van der Waals surface area contributed by atoms with Gasteiger partial charge in [0.1, 0.15) is 16.9 Å². The van der Waals surface area contributed by atoms with Gasteiger partial charge in [-0.25, -0.2) is 15.0 Å². The average Bonchev–Trinajstić information content (AvgIpc) is 3.00. The average molecular weight is 418 g/mol. The standard InChI is InChI=1S/C20H24ClN5O3/c1-4-6-15-18-19(25(2)24-15)20(23-16(22-18)9-10-17(27)28)26(29-3)12-13-7-5-8-14(21)11-13/h5,7-8,11H,4,6,9-10,12H2,1-3H3,(H,27,28). The number of aliphatic carboxylic acids is 1. The predicted molar refractivity (Wildman–Crippen MR) is 111 cm³/mol. The zero-order valence-electron chi connectivity index (χ0n) is 16.7. The van der Waals surface area contributed by atoms with Crippen LogP contribution in [0.4, 0.5) is 5.82 Å². The Hall–Kier alpha value is -2.71. The van der Waals surface area contributed by atoms with Crippen molar-refractivity contribution in [3.8, 4) is 0 Å². The van der Waals surface area contributed by atoms with E-state index in [2.05, 4.69) is 22.0 Å². The summed E-state index contributed by atoms with van der Waals surface area (Å²) in [4.78, 5) is 25.9. The van der Waals surface area contributed by atoms with Crippen LogP contribution in [-0.4, -0.2) is 37.9 Å². The lowest BCUT2D eigenvalue weighted by atomic mass is 10.2. The maximum absolute atomic E-state index is 11.0. The SMILES string of the molecule is CCCc1nn(C)c2c(N(Cc3cccc(Cl)c3)OC)nc(CCC(=O)O)nc12. The molecular formula is C20H24ClN5O3. The van der Waals surface area contributed by atoms with Crippen molar-refractivity contribution in [1.82, 2.24) is 19.7 Å². The van der Waals surface area contributed by atoms with Crippen molar-refractivity contribution in [1.29, 1.82) is 0 Å². The van der Waals surface area contributed by atoms with Gasteiger partial charge in [-0.3, -0.25) is 14.3 Å². The third-order valence-electron chi connectivity index (χ3n) is 4.50. The molecule has 0 atom stereocenters. The molecule has 9 heteroatoms. The highest BCUT2D eigenvalue weighted by Crippen LogP contribution is 2.28. The van der Waals surface area contributed by atoms with E-state index in [0.717, 1.165) is 35.1 Å². The van der Waals surface area contributed by atoms with Crippen molar-refractivity contribution in [2.75, 3.05) is 12.2 Å². The number of nitrogens with zero attached hydrogens (tertiary/aromatic N) is 5. The molecule has 0 fully saturated rings. The molecule has 0 aliphatic rings. The number of benzene rings is 1. The minimum absolute atomic E-state index is 0.0460. The highest BCUT2D eigenvalue weighted by molar-refractivity contribution is 6.30. The normalized spacial score (nSPS) is 11.2. The van der Waals surface area contributed by atoms with Crippen LogP contribution in [0.2, 0.25) is 5.02 Å². The number of rotatable bonds is 9. The lowest BCUT2D eigenvalue weighted by Crippen LogP contribution is -2.24. The van der Waals surface area contributed by atoms with Crippen LogP contribution >= 0.6 is 11.6 Å². The number of hydrogen-bond acceptors (Lipinski definition) is 6. The molecule has 3 aromatic rings. The summed E-state index contributed by atoms with van der Waals surface area (Å²) in [6.07, 6.45) is 1.88. The lowest BCUT2D eigenvalue weighted by Gasteiger charge is -2.22. The van der Waals surface area contributed by atoms with E-state index in [1.54, 1.807) is 16.9 Å². The first-order valence-electron chi connectivity index (χ1n) is 9.43. The van der Waals surface area contributed by atoms with Gasteiger partial charge in [-0.1, -0.05) is 37.1 Å². The maximum atomic E-state index is 11.0. The van der Waals surface area contributed by atoms with Crippen molar-refractivity contribution in [2.45, 2.75) is 39.2 Å². The van der Waals surface area contributed by atoms with Gasteiger partial charge in [-0.15, -0.1) is 0 Å². The molecule has 0 bridgehead atoms. The Morgan fingerprint density at radius 3 is 2.76 bits per heavy atom. The van der Waals surface area contributed by atoms with E-state index in [0.29, 0.717) is 23.2 Å². The van der Waals surface area contributed by atoms with E-state index >= 15 is 0 Å². The minimum atomic E-state index is -0.891. The van der Waals surface area contributed by atoms with Crippen LogP contribution in [0.3, 0.4) is 0 Å². The van der Waals surface area contributed by atoms with Gasteiger partial charge in [0.05, 0.1) is 25.8 Å². The molecule has 2 aromatic heterocycles. The van der Waals surface area contributed by atoms with Gasteiger partial charge >= 0.3 is 5.97 Å². The Kier molecular flexibility index (Phi) is 6.66. The Bertz CT molecular complexity index is 1020. The molecule has 0 spiro atoms.